The molecule has 0 bridgehead atoms. The Balaban J connectivity index is 2.26. The van der Waals surface area contributed by atoms with Gasteiger partial charge in [-0.3, -0.25) is 0 Å². The van der Waals surface area contributed by atoms with E-state index in [1.165, 1.54) is 6.07 Å². The quantitative estimate of drug-likeness (QED) is 0.315. The SMILES string of the molecule is CC(C)[Si](C(C)C)(C(C)C)n1ccc2c(Br)c(S(=O)c3cccc(C#N)c3)c(F)cc21. The lowest BCUT2D eigenvalue weighted by Crippen LogP contribution is -2.51. The summed E-state index contributed by atoms with van der Waals surface area (Å²) in [5.74, 6) is -0.501. The fourth-order valence-corrected chi connectivity index (χ4v) is 14.1. The number of rotatable bonds is 6. The van der Waals surface area contributed by atoms with Gasteiger partial charge in [-0.15, -0.1) is 0 Å². The minimum atomic E-state index is -2.07. The number of halogens is 2. The summed E-state index contributed by atoms with van der Waals surface area (Å²) in [7, 11) is -3.81. The molecule has 0 amide bonds. The maximum absolute atomic E-state index is 15.5. The Labute approximate surface area is 195 Å². The largest absolute Gasteiger partial charge is 0.373 e. The van der Waals surface area contributed by atoms with E-state index in [1.807, 2.05) is 12.1 Å². The van der Waals surface area contributed by atoms with Crippen molar-refractivity contribution in [2.75, 3.05) is 0 Å². The van der Waals surface area contributed by atoms with Gasteiger partial charge in [0.05, 0.1) is 27.3 Å². The summed E-state index contributed by atoms with van der Waals surface area (Å²) in [6.45, 7) is 13.6. The predicted octanol–water partition coefficient (Wildman–Crippen LogP) is 7.60. The number of benzene rings is 2. The molecule has 0 aliphatic heterocycles. The minimum Gasteiger partial charge on any atom is -0.373 e. The molecule has 7 heteroatoms. The highest BCUT2D eigenvalue weighted by atomic mass is 79.9. The zero-order valence-corrected chi connectivity index (χ0v) is 22.1. The molecule has 0 aliphatic rings. The van der Waals surface area contributed by atoms with Crippen molar-refractivity contribution in [3.63, 3.8) is 0 Å². The number of hydrogen-bond acceptors (Lipinski definition) is 2. The molecule has 0 saturated carbocycles. The summed E-state index contributed by atoms with van der Waals surface area (Å²) < 4.78 is 31.6. The van der Waals surface area contributed by atoms with Crippen molar-refractivity contribution in [1.82, 2.24) is 4.23 Å². The van der Waals surface area contributed by atoms with Crippen LogP contribution in [-0.4, -0.2) is 16.7 Å². The van der Waals surface area contributed by atoms with Gasteiger partial charge in [-0.2, -0.15) is 5.26 Å². The fourth-order valence-electron chi connectivity index (χ4n) is 5.33. The molecule has 3 aromatic rings. The maximum atomic E-state index is 15.5. The van der Waals surface area contributed by atoms with Crippen LogP contribution in [0.15, 0.2) is 56.9 Å². The molecule has 1 unspecified atom stereocenters. The summed E-state index contributed by atoms with van der Waals surface area (Å²) in [4.78, 5) is 0.527. The normalized spacial score (nSPS) is 13.4. The smallest absolute Gasteiger partial charge is 0.169 e. The van der Waals surface area contributed by atoms with Gasteiger partial charge in [0.25, 0.3) is 0 Å². The van der Waals surface area contributed by atoms with Crippen LogP contribution >= 0.6 is 15.9 Å². The standard InChI is InChI=1S/C24H28BrFN2OSSi/c1-15(2)31(16(3)4,17(5)6)28-11-10-20-22(28)13-21(26)24(23(20)25)30(29)19-9-7-8-18(12-19)14-27/h7-13,15-17H,1-6H3. The molecule has 0 saturated heterocycles. The Bertz CT molecular complexity index is 1170. The van der Waals surface area contributed by atoms with Crippen LogP contribution in [0.1, 0.15) is 47.1 Å². The van der Waals surface area contributed by atoms with Gasteiger partial charge in [0.1, 0.15) is 5.82 Å². The molecule has 0 spiro atoms. The molecule has 0 N–H and O–H groups in total. The number of hydrogen-bond donors (Lipinski definition) is 0. The Morgan fingerprint density at radius 3 is 2.23 bits per heavy atom. The number of aromatic nitrogens is 1. The molecule has 164 valence electrons. The molecule has 0 aliphatic carbocycles. The molecule has 0 radical (unpaired) electrons. The van der Waals surface area contributed by atoms with E-state index in [0.717, 1.165) is 10.9 Å². The van der Waals surface area contributed by atoms with Crippen LogP contribution in [0.2, 0.25) is 16.6 Å². The van der Waals surface area contributed by atoms with Crippen LogP contribution in [0, 0.1) is 17.1 Å². The lowest BCUT2D eigenvalue weighted by atomic mass is 10.2. The van der Waals surface area contributed by atoms with Crippen molar-refractivity contribution in [3.8, 4) is 6.07 Å². The van der Waals surface area contributed by atoms with Crippen LogP contribution in [0.5, 0.6) is 0 Å². The van der Waals surface area contributed by atoms with E-state index in [9.17, 15) is 4.21 Å². The molecular weight excluding hydrogens is 491 g/mol. The van der Waals surface area contributed by atoms with Crippen molar-refractivity contribution < 1.29 is 8.60 Å². The third-order valence-electron chi connectivity index (χ3n) is 6.40. The minimum absolute atomic E-state index is 0.117. The third kappa shape index (κ3) is 3.83. The molecule has 1 heterocycles. The fraction of sp³-hybridized carbons (Fsp3) is 0.375. The van der Waals surface area contributed by atoms with Crippen molar-refractivity contribution in [2.45, 2.75) is 68.0 Å². The highest BCUT2D eigenvalue weighted by Crippen LogP contribution is 2.45. The summed E-state index contributed by atoms with van der Waals surface area (Å²) >= 11 is 3.56. The van der Waals surface area contributed by atoms with Crippen molar-refractivity contribution in [2.24, 2.45) is 0 Å². The first-order valence-electron chi connectivity index (χ1n) is 10.5. The Kier molecular flexibility index (Phi) is 6.95. The van der Waals surface area contributed by atoms with Gasteiger partial charge in [0.15, 0.2) is 8.24 Å². The van der Waals surface area contributed by atoms with E-state index in [-0.39, 0.29) is 4.90 Å². The second-order valence-corrected chi connectivity index (χ2v) is 16.8. The summed E-state index contributed by atoms with van der Waals surface area (Å²) in [6.07, 6.45) is 2.09. The molecule has 1 aromatic heterocycles. The highest BCUT2D eigenvalue weighted by Gasteiger charge is 2.45. The van der Waals surface area contributed by atoms with E-state index >= 15 is 4.39 Å². The second kappa shape index (κ2) is 9.01. The lowest BCUT2D eigenvalue weighted by molar-refractivity contribution is 0.595. The lowest BCUT2D eigenvalue weighted by Gasteiger charge is -2.44. The second-order valence-electron chi connectivity index (χ2n) is 8.88. The average molecular weight is 520 g/mol. The molecule has 0 fully saturated rings. The first-order valence-corrected chi connectivity index (χ1v) is 14.6. The van der Waals surface area contributed by atoms with E-state index in [1.54, 1.807) is 24.3 Å². The van der Waals surface area contributed by atoms with Gasteiger partial charge in [-0.05, 0) is 69.1 Å². The maximum Gasteiger partial charge on any atom is 0.169 e. The van der Waals surface area contributed by atoms with E-state index < -0.39 is 24.9 Å². The monoisotopic (exact) mass is 518 g/mol. The first kappa shape index (κ1) is 23.9. The van der Waals surface area contributed by atoms with Crippen molar-refractivity contribution >= 4 is 45.9 Å². The molecular formula is C24H28BrFN2OSSi. The molecule has 3 nitrogen and oxygen atoms in total. The zero-order valence-electron chi connectivity index (χ0n) is 18.7. The predicted molar refractivity (Wildman–Crippen MR) is 132 cm³/mol. The average Bonchev–Trinajstić information content (AvgIpc) is 3.11. The van der Waals surface area contributed by atoms with Crippen LogP contribution in [-0.2, 0) is 10.8 Å². The van der Waals surface area contributed by atoms with Gasteiger partial charge < -0.3 is 4.23 Å². The van der Waals surface area contributed by atoms with Crippen LogP contribution in [0.3, 0.4) is 0 Å². The first-order chi connectivity index (χ1) is 14.6. The van der Waals surface area contributed by atoms with Gasteiger partial charge in [-0.1, -0.05) is 47.6 Å². The van der Waals surface area contributed by atoms with Gasteiger partial charge in [-0.25, -0.2) is 8.60 Å². The van der Waals surface area contributed by atoms with Crippen molar-refractivity contribution in [3.05, 3.63) is 58.4 Å². The van der Waals surface area contributed by atoms with Gasteiger partial charge in [0.2, 0.25) is 0 Å². The summed E-state index contributed by atoms with van der Waals surface area (Å²) in [6, 6.07) is 12.1. The van der Waals surface area contributed by atoms with Crippen LogP contribution in [0.25, 0.3) is 10.9 Å². The number of nitrogens with zero attached hydrogens (tertiary/aromatic N) is 2. The summed E-state index contributed by atoms with van der Waals surface area (Å²) in [5, 5.41) is 10.0. The number of nitriles is 1. The Morgan fingerprint density at radius 2 is 1.68 bits per heavy atom. The van der Waals surface area contributed by atoms with Gasteiger partial charge >= 0.3 is 0 Å². The Morgan fingerprint density at radius 1 is 1.06 bits per heavy atom. The van der Waals surface area contributed by atoms with Crippen LogP contribution < -0.4 is 0 Å². The van der Waals surface area contributed by atoms with E-state index in [0.29, 0.717) is 31.6 Å². The molecule has 1 atom stereocenters. The van der Waals surface area contributed by atoms with Gasteiger partial charge in [0, 0.05) is 20.3 Å². The number of fused-ring (bicyclic) bond motifs is 1. The van der Waals surface area contributed by atoms with E-state index in [2.05, 4.69) is 67.9 Å². The van der Waals surface area contributed by atoms with Crippen molar-refractivity contribution in [1.29, 1.82) is 5.26 Å². The molecule has 3 rings (SSSR count). The van der Waals surface area contributed by atoms with Crippen LogP contribution in [0.4, 0.5) is 4.39 Å². The summed E-state index contributed by atoms with van der Waals surface area (Å²) in [5.41, 5.74) is 2.64. The topological polar surface area (TPSA) is 45.8 Å². The molecule has 31 heavy (non-hydrogen) atoms. The molecule has 2 aromatic carbocycles. The van der Waals surface area contributed by atoms with E-state index in [4.69, 9.17) is 5.26 Å². The third-order valence-corrected chi connectivity index (χ3v) is 15.7. The highest BCUT2D eigenvalue weighted by molar-refractivity contribution is 9.10. The zero-order chi connectivity index (χ0) is 23.1. The Hall–Kier alpha value is -1.75.